The summed E-state index contributed by atoms with van der Waals surface area (Å²) < 4.78 is 37.9. The highest BCUT2D eigenvalue weighted by Crippen LogP contribution is 2.21. The summed E-state index contributed by atoms with van der Waals surface area (Å²) >= 11 is 0. The van der Waals surface area contributed by atoms with E-state index in [1.54, 1.807) is 19.1 Å². The number of nitriles is 1. The Morgan fingerprint density at radius 1 is 1.40 bits per heavy atom. The lowest BCUT2D eigenvalue weighted by atomic mass is 10.1. The monoisotopic (exact) mass is 280 g/mol. The molecule has 0 atom stereocenters. The molecule has 0 saturated carbocycles. The smallest absolute Gasteiger partial charge is 0.282 e. The third kappa shape index (κ3) is 2.51. The second-order valence-electron chi connectivity index (χ2n) is 3.99. The molecule has 0 fully saturated rings. The summed E-state index contributed by atoms with van der Waals surface area (Å²) in [5, 5.41) is 15.5. The van der Waals surface area contributed by atoms with Gasteiger partial charge in [-0.05, 0) is 24.6 Å². The molecule has 0 aliphatic rings. The number of rotatable bonds is 2. The molecule has 0 N–H and O–H groups in total. The predicted octanol–water partition coefficient (Wildman–Crippen LogP) is 2.19. The number of nitrogens with zero attached hydrogens (tertiary/aromatic N) is 4. The van der Waals surface area contributed by atoms with Gasteiger partial charge >= 0.3 is 6.18 Å². The van der Waals surface area contributed by atoms with Crippen LogP contribution in [0.2, 0.25) is 0 Å². The molecule has 0 spiro atoms. The van der Waals surface area contributed by atoms with Crippen LogP contribution in [0.15, 0.2) is 24.4 Å². The average Bonchev–Trinajstić information content (AvgIpc) is 2.86. The Morgan fingerprint density at radius 3 is 2.70 bits per heavy atom. The second kappa shape index (κ2) is 4.77. The van der Waals surface area contributed by atoms with Gasteiger partial charge in [0, 0.05) is 0 Å². The molecule has 20 heavy (non-hydrogen) atoms. The van der Waals surface area contributed by atoms with Gasteiger partial charge in [0.1, 0.15) is 0 Å². The Bertz CT molecular complexity index is 712. The van der Waals surface area contributed by atoms with Crippen molar-refractivity contribution in [1.82, 2.24) is 15.0 Å². The topological polar surface area (TPSA) is 71.6 Å². The maximum absolute atomic E-state index is 12.3. The Kier molecular flexibility index (Phi) is 3.28. The summed E-state index contributed by atoms with van der Waals surface area (Å²) in [4.78, 5) is 11.0. The SMILES string of the molecule is Cc1ccc(C#N)cc1-n1cc(C(=O)C(F)(F)F)nn1. The molecule has 2 aromatic rings. The summed E-state index contributed by atoms with van der Waals surface area (Å²) in [5.41, 5.74) is 0.599. The minimum absolute atomic E-state index is 0.324. The fourth-order valence-corrected chi connectivity index (χ4v) is 1.56. The standard InChI is InChI=1S/C12H7F3N4O/c1-7-2-3-8(5-16)4-10(7)19-6-9(17-18-19)11(20)12(13,14)15/h2-4,6H,1H3. The Hall–Kier alpha value is -2.69. The van der Waals surface area contributed by atoms with Gasteiger partial charge in [0.15, 0.2) is 5.69 Å². The number of alkyl halides is 3. The number of aromatic nitrogens is 3. The quantitative estimate of drug-likeness (QED) is 0.790. The van der Waals surface area contributed by atoms with Crippen molar-refractivity contribution in [3.8, 4) is 11.8 Å². The van der Waals surface area contributed by atoms with E-state index in [1.165, 1.54) is 6.07 Å². The van der Waals surface area contributed by atoms with Crippen LogP contribution in [0.5, 0.6) is 0 Å². The Morgan fingerprint density at radius 2 is 2.10 bits per heavy atom. The Labute approximate surface area is 111 Å². The van der Waals surface area contributed by atoms with Crippen LogP contribution in [0, 0.1) is 18.3 Å². The molecule has 1 aromatic carbocycles. The average molecular weight is 280 g/mol. The predicted molar refractivity (Wildman–Crippen MR) is 61.2 cm³/mol. The first-order valence-electron chi connectivity index (χ1n) is 5.38. The minimum Gasteiger partial charge on any atom is -0.282 e. The number of carbonyl (C=O) groups excluding carboxylic acids is 1. The minimum atomic E-state index is -5.00. The van der Waals surface area contributed by atoms with Gasteiger partial charge in [-0.25, -0.2) is 4.68 Å². The molecule has 0 aliphatic heterocycles. The van der Waals surface area contributed by atoms with E-state index in [0.717, 1.165) is 10.9 Å². The van der Waals surface area contributed by atoms with Gasteiger partial charge in [-0.3, -0.25) is 4.79 Å². The zero-order valence-electron chi connectivity index (χ0n) is 10.1. The zero-order chi connectivity index (χ0) is 14.9. The van der Waals surface area contributed by atoms with Crippen LogP contribution in [0.4, 0.5) is 13.2 Å². The maximum atomic E-state index is 12.3. The highest BCUT2D eigenvalue weighted by Gasteiger charge is 2.41. The van der Waals surface area contributed by atoms with Crippen molar-refractivity contribution in [2.45, 2.75) is 13.1 Å². The van der Waals surface area contributed by atoms with Crippen molar-refractivity contribution in [2.75, 3.05) is 0 Å². The number of ketones is 1. The fraction of sp³-hybridized carbons (Fsp3) is 0.167. The van der Waals surface area contributed by atoms with E-state index in [-0.39, 0.29) is 0 Å². The molecule has 102 valence electrons. The van der Waals surface area contributed by atoms with E-state index in [9.17, 15) is 18.0 Å². The fourth-order valence-electron chi connectivity index (χ4n) is 1.56. The molecule has 2 rings (SSSR count). The molecule has 0 bridgehead atoms. The number of halogens is 3. The molecule has 0 aliphatic carbocycles. The van der Waals surface area contributed by atoms with Gasteiger partial charge in [0.25, 0.3) is 5.78 Å². The first-order chi connectivity index (χ1) is 9.32. The van der Waals surface area contributed by atoms with Crippen LogP contribution < -0.4 is 0 Å². The van der Waals surface area contributed by atoms with Crippen LogP contribution in [0.1, 0.15) is 21.6 Å². The third-order valence-corrected chi connectivity index (χ3v) is 2.57. The second-order valence-corrected chi connectivity index (χ2v) is 3.99. The van der Waals surface area contributed by atoms with Crippen molar-refractivity contribution in [2.24, 2.45) is 0 Å². The van der Waals surface area contributed by atoms with Crippen LogP contribution in [-0.4, -0.2) is 27.0 Å². The van der Waals surface area contributed by atoms with Gasteiger partial charge in [-0.15, -0.1) is 5.10 Å². The molecular weight excluding hydrogens is 273 g/mol. The number of benzene rings is 1. The van der Waals surface area contributed by atoms with Crippen LogP contribution in [-0.2, 0) is 0 Å². The van der Waals surface area contributed by atoms with Crippen molar-refractivity contribution in [1.29, 1.82) is 5.26 Å². The summed E-state index contributed by atoms with van der Waals surface area (Å²) in [6.45, 7) is 1.70. The first-order valence-corrected chi connectivity index (χ1v) is 5.38. The number of aryl methyl sites for hydroxylation is 1. The number of hydrogen-bond donors (Lipinski definition) is 0. The van der Waals surface area contributed by atoms with Crippen molar-refractivity contribution in [3.63, 3.8) is 0 Å². The van der Waals surface area contributed by atoms with Crippen LogP contribution >= 0.6 is 0 Å². The first kappa shape index (κ1) is 13.7. The molecule has 0 radical (unpaired) electrons. The van der Waals surface area contributed by atoms with E-state index >= 15 is 0 Å². The lowest BCUT2D eigenvalue weighted by Crippen LogP contribution is -2.23. The van der Waals surface area contributed by atoms with Crippen LogP contribution in [0.3, 0.4) is 0 Å². The van der Waals surface area contributed by atoms with Gasteiger partial charge in [-0.2, -0.15) is 18.4 Å². The highest BCUT2D eigenvalue weighted by molar-refractivity contribution is 5.98. The van der Waals surface area contributed by atoms with E-state index in [1.807, 2.05) is 6.07 Å². The molecule has 8 heteroatoms. The van der Waals surface area contributed by atoms with E-state index < -0.39 is 17.7 Å². The summed E-state index contributed by atoms with van der Waals surface area (Å²) in [6, 6.07) is 6.55. The summed E-state index contributed by atoms with van der Waals surface area (Å²) in [5.74, 6) is -2.06. The van der Waals surface area contributed by atoms with Gasteiger partial charge in [0.05, 0.1) is 23.5 Å². The molecule has 0 unspecified atom stereocenters. The van der Waals surface area contributed by atoms with Gasteiger partial charge < -0.3 is 0 Å². The molecule has 0 amide bonds. The lowest BCUT2D eigenvalue weighted by Gasteiger charge is -2.04. The third-order valence-electron chi connectivity index (χ3n) is 2.57. The van der Waals surface area contributed by atoms with Crippen molar-refractivity contribution >= 4 is 5.78 Å². The summed E-state index contributed by atoms with van der Waals surface area (Å²) in [6.07, 6.45) is -4.11. The van der Waals surface area contributed by atoms with Crippen molar-refractivity contribution in [3.05, 3.63) is 41.2 Å². The molecule has 1 aromatic heterocycles. The largest absolute Gasteiger partial charge is 0.456 e. The molecule has 5 nitrogen and oxygen atoms in total. The number of carbonyl (C=O) groups is 1. The highest BCUT2D eigenvalue weighted by atomic mass is 19.4. The van der Waals surface area contributed by atoms with E-state index in [2.05, 4.69) is 10.3 Å². The molecular formula is C12H7F3N4O. The summed E-state index contributed by atoms with van der Waals surface area (Å²) in [7, 11) is 0. The van der Waals surface area contributed by atoms with Gasteiger partial charge in [-0.1, -0.05) is 11.3 Å². The van der Waals surface area contributed by atoms with E-state index in [4.69, 9.17) is 5.26 Å². The zero-order valence-corrected chi connectivity index (χ0v) is 10.1. The van der Waals surface area contributed by atoms with E-state index in [0.29, 0.717) is 16.8 Å². The number of Topliss-reactive ketones (excluding diaryl/α,β-unsaturated/α-hetero) is 1. The normalized spacial score (nSPS) is 11.2. The molecule has 1 heterocycles. The maximum Gasteiger partial charge on any atom is 0.456 e. The number of hydrogen-bond acceptors (Lipinski definition) is 4. The molecule has 0 saturated heterocycles. The van der Waals surface area contributed by atoms with Crippen molar-refractivity contribution < 1.29 is 18.0 Å². The lowest BCUT2D eigenvalue weighted by molar-refractivity contribution is -0.0888. The Balaban J connectivity index is 2.44. The van der Waals surface area contributed by atoms with Gasteiger partial charge in [0.2, 0.25) is 0 Å². The van der Waals surface area contributed by atoms with Crippen LogP contribution in [0.25, 0.3) is 5.69 Å².